The highest BCUT2D eigenvalue weighted by Gasteiger charge is 2.46. The van der Waals surface area contributed by atoms with Crippen molar-refractivity contribution < 1.29 is 38.1 Å². The number of rotatable bonds is 20. The summed E-state index contributed by atoms with van der Waals surface area (Å²) in [6.45, 7) is 37.0. The van der Waals surface area contributed by atoms with Gasteiger partial charge in [-0.3, -0.25) is 9.59 Å². The van der Waals surface area contributed by atoms with Crippen molar-refractivity contribution in [2.24, 2.45) is 27.1 Å². The molecule has 97 heavy (non-hydrogen) atoms. The first kappa shape index (κ1) is 77.5. The lowest BCUT2D eigenvalue weighted by Gasteiger charge is -2.39. The van der Waals surface area contributed by atoms with Crippen molar-refractivity contribution in [3.8, 4) is 12.1 Å². The Kier molecular flexibility index (Phi) is 26.4. The van der Waals surface area contributed by atoms with Crippen molar-refractivity contribution in [3.63, 3.8) is 0 Å². The van der Waals surface area contributed by atoms with E-state index in [1.54, 1.807) is 0 Å². The standard InChI is InChI=1S/C73H92N8O8S8/c1-69(2)31-45(55(65(90)94-11)51(35-69)78-23-15-16-24-78)49(39-74)61(82)86-41-73(42-87-62(83)50(40-75)46-32-70(3,4)36-52(56(46)66(91)95-12)79-25-17-18-26-79,43-88-63(84)59(76-9)47-33-71(5,6)37-53(57(47)67(92)96-13)80-27-19-20-28-80)44-89-64(85)60(77-10)48-34-72(7,8)38-54(58(48)68(93)97-14)81-29-21-22-30-81/h15-38,41-44H2,1-8,11-14H3/b49-45+,50-46+,59-47-,60-48+. The van der Waals surface area contributed by atoms with Crippen LogP contribution in [0.1, 0.15) is 158 Å². The normalized spacial score (nSPS) is 22.8. The molecule has 0 aromatic rings. The van der Waals surface area contributed by atoms with Crippen LogP contribution in [0.2, 0.25) is 0 Å². The predicted molar refractivity (Wildman–Crippen MR) is 407 cm³/mol. The van der Waals surface area contributed by atoms with Gasteiger partial charge in [0.25, 0.3) is 11.4 Å². The fourth-order valence-electron chi connectivity index (χ4n) is 15.0. The van der Waals surface area contributed by atoms with E-state index in [0.29, 0.717) is 99.9 Å². The number of allylic oxidation sites excluding steroid dienone is 8. The van der Waals surface area contributed by atoms with Gasteiger partial charge in [0, 0.05) is 97.4 Å². The molecule has 4 aliphatic carbocycles. The van der Waals surface area contributed by atoms with Gasteiger partial charge in [0.1, 0.15) is 55.1 Å². The molecule has 0 radical (unpaired) electrons. The van der Waals surface area contributed by atoms with E-state index in [4.69, 9.17) is 81.0 Å². The van der Waals surface area contributed by atoms with Gasteiger partial charge in [0.15, 0.2) is 0 Å². The number of hydrogen-bond acceptors (Lipinski definition) is 22. The van der Waals surface area contributed by atoms with Gasteiger partial charge in [0.2, 0.25) is 0 Å². The first-order valence-corrected chi connectivity index (χ1v) is 39.9. The number of thioether (sulfide) groups is 4. The Bertz CT molecular complexity index is 3220. The number of thiocarbonyl (C=S) groups is 4. The van der Waals surface area contributed by atoms with Crippen LogP contribution in [0.4, 0.5) is 0 Å². The lowest BCUT2D eigenvalue weighted by atomic mass is 9.72. The largest absolute Gasteiger partial charge is 0.470 e. The maximum absolute atomic E-state index is 15.4. The second-order valence-corrected chi connectivity index (χ2v) is 35.6. The molecule has 4 heterocycles. The van der Waals surface area contributed by atoms with Gasteiger partial charge in [-0.15, -0.1) is 47.0 Å². The molecule has 4 aliphatic heterocycles. The molecule has 0 spiro atoms. The first-order valence-electron chi connectivity index (χ1n) is 33.4. The minimum Gasteiger partial charge on any atom is -0.470 e. The first-order chi connectivity index (χ1) is 45.9. The highest BCUT2D eigenvalue weighted by Crippen LogP contribution is 2.51. The van der Waals surface area contributed by atoms with Crippen molar-refractivity contribution in [1.82, 2.24) is 19.6 Å². The molecule has 4 saturated heterocycles. The minimum atomic E-state index is -2.10. The smallest absolute Gasteiger partial charge is 0.349 e. The average Bonchev–Trinajstić information content (AvgIpc) is 1.61. The predicted octanol–water partition coefficient (Wildman–Crippen LogP) is 15.6. The molecule has 4 fully saturated rings. The lowest BCUT2D eigenvalue weighted by Crippen LogP contribution is -2.44. The summed E-state index contributed by atoms with van der Waals surface area (Å²) in [6.07, 6.45) is 18.9. The molecule has 0 N–H and O–H groups in total. The molecular formula is C73H92N8O8S8. The van der Waals surface area contributed by atoms with E-state index in [0.717, 1.165) is 127 Å². The Morgan fingerprint density at radius 2 is 0.629 bits per heavy atom. The van der Waals surface area contributed by atoms with Crippen LogP contribution in [0.25, 0.3) is 9.69 Å². The molecule has 0 saturated carbocycles. The molecule has 0 atom stereocenters. The summed E-state index contributed by atoms with van der Waals surface area (Å²) in [5.74, 6) is -4.29. The molecule has 24 heteroatoms. The van der Waals surface area contributed by atoms with E-state index in [9.17, 15) is 10.5 Å². The highest BCUT2D eigenvalue weighted by atomic mass is 32.2. The Hall–Kier alpha value is -5.28. The number of carbonyl (C=O) groups is 4. The topological polar surface area (TPSA) is 174 Å². The summed E-state index contributed by atoms with van der Waals surface area (Å²) < 4.78 is 27.6. The van der Waals surface area contributed by atoms with Crippen LogP contribution in [0.3, 0.4) is 0 Å². The molecule has 0 amide bonds. The third-order valence-electron chi connectivity index (χ3n) is 19.5. The Morgan fingerprint density at radius 3 is 0.845 bits per heavy atom. The van der Waals surface area contributed by atoms with Crippen LogP contribution in [-0.2, 0) is 38.1 Å². The zero-order chi connectivity index (χ0) is 71.0. The van der Waals surface area contributed by atoms with Crippen molar-refractivity contribution >= 4 is 137 Å². The van der Waals surface area contributed by atoms with Gasteiger partial charge in [-0.25, -0.2) is 19.3 Å². The molecule has 0 aromatic heterocycles. The fourth-order valence-corrected chi connectivity index (χ4v) is 17.7. The number of hydrogen-bond donors (Lipinski definition) is 0. The number of ether oxygens (including phenoxy) is 4. The van der Waals surface area contributed by atoms with Crippen molar-refractivity contribution in [2.45, 2.75) is 158 Å². The van der Waals surface area contributed by atoms with Gasteiger partial charge in [-0.05, 0) is 172 Å². The van der Waals surface area contributed by atoms with Gasteiger partial charge < -0.3 is 38.5 Å². The summed E-state index contributed by atoms with van der Waals surface area (Å²) in [7, 11) is 0. The Morgan fingerprint density at radius 1 is 0.412 bits per heavy atom. The molecule has 0 unspecified atom stereocenters. The minimum absolute atomic E-state index is 0.288. The number of nitrogens with zero attached hydrogens (tertiary/aromatic N) is 8. The zero-order valence-electron chi connectivity index (χ0n) is 58.4. The van der Waals surface area contributed by atoms with Crippen molar-refractivity contribution in [2.75, 3.05) is 104 Å². The zero-order valence-corrected chi connectivity index (χ0v) is 64.9. The molecule has 520 valence electrons. The number of esters is 4. The third-order valence-corrected chi connectivity index (χ3v) is 24.6. The third kappa shape index (κ3) is 18.1. The lowest BCUT2D eigenvalue weighted by molar-refractivity contribution is -0.165. The molecule has 0 bridgehead atoms. The van der Waals surface area contributed by atoms with E-state index in [1.807, 2.05) is 25.0 Å². The van der Waals surface area contributed by atoms with E-state index >= 15 is 19.2 Å². The Labute approximate surface area is 614 Å². The van der Waals surface area contributed by atoms with Crippen LogP contribution in [-0.4, -0.2) is 164 Å². The van der Waals surface area contributed by atoms with Gasteiger partial charge in [-0.1, -0.05) is 104 Å². The quantitative estimate of drug-likeness (QED) is 0.0281. The maximum Gasteiger partial charge on any atom is 0.349 e. The number of nitriles is 2. The maximum atomic E-state index is 15.4. The molecule has 8 rings (SSSR count). The molecular weight excluding hydrogens is 1370 g/mol. The van der Waals surface area contributed by atoms with E-state index < -0.39 is 77.4 Å². The van der Waals surface area contributed by atoms with Crippen LogP contribution in [0.15, 0.2) is 89.9 Å². The van der Waals surface area contributed by atoms with E-state index in [1.165, 1.54) is 47.0 Å². The van der Waals surface area contributed by atoms with Crippen LogP contribution in [0.5, 0.6) is 0 Å². The van der Waals surface area contributed by atoms with Crippen molar-refractivity contribution in [1.29, 1.82) is 10.5 Å². The second kappa shape index (κ2) is 33.0. The number of likely N-dealkylation sites (tertiary alicyclic amines) is 4. The molecule has 16 nitrogen and oxygen atoms in total. The van der Waals surface area contributed by atoms with Crippen LogP contribution < -0.4 is 0 Å². The highest BCUT2D eigenvalue weighted by molar-refractivity contribution is 8.24. The summed E-state index contributed by atoms with van der Waals surface area (Å²) in [6, 6.07) is 4.37. The van der Waals surface area contributed by atoms with E-state index in [2.05, 4.69) is 96.8 Å². The number of carbonyl (C=O) groups excluding carboxylic acids is 4. The SMILES string of the molecule is [C-]#[N+]/C(C(=O)OCC(COC(=O)/C(C#N)=C1\CC(C)(C)CC(N2CCCC2)=C1C(=S)SC)(COC(=O)/C(C#N)=C1\CC(C)(C)CC(N2CCCC2)=C1C(=S)SC)COC(=O)/C([N+]#[C-])=C1/CC(C)(C)CC(N2CCCC2)=C1C(=S)SC)=C1/CC(C)(C)CC(N2CCCC2)=C1C(=S)SC. The van der Waals surface area contributed by atoms with Crippen LogP contribution in [0, 0.1) is 62.9 Å². The summed E-state index contributed by atoms with van der Waals surface area (Å²) in [5.41, 5.74) is 2.85. The van der Waals surface area contributed by atoms with Crippen molar-refractivity contribution in [3.05, 3.63) is 113 Å². The van der Waals surface area contributed by atoms with Gasteiger partial charge >= 0.3 is 23.9 Å². The summed E-state index contributed by atoms with van der Waals surface area (Å²) >= 11 is 29.7. The molecule has 8 aliphatic rings. The fraction of sp³-hybridized carbons (Fsp3) is 0.616. The summed E-state index contributed by atoms with van der Waals surface area (Å²) in [5, 5.41) is 22.6. The van der Waals surface area contributed by atoms with Gasteiger partial charge in [0.05, 0.1) is 29.9 Å². The Balaban J connectivity index is 1.33. The van der Waals surface area contributed by atoms with E-state index in [-0.39, 0.29) is 35.4 Å². The average molecular weight is 1470 g/mol. The summed E-state index contributed by atoms with van der Waals surface area (Å²) in [4.78, 5) is 78.4. The van der Waals surface area contributed by atoms with Gasteiger partial charge in [-0.2, -0.15) is 10.5 Å². The second-order valence-electron chi connectivity index (χ2n) is 29.7. The van der Waals surface area contributed by atoms with Crippen LogP contribution >= 0.6 is 95.9 Å². The molecule has 0 aromatic carbocycles. The monoisotopic (exact) mass is 1460 g/mol.